The minimum absolute atomic E-state index is 0.0843. The Morgan fingerprint density at radius 1 is 1.25 bits per heavy atom. The molecule has 8 heteroatoms. The lowest BCUT2D eigenvalue weighted by Crippen LogP contribution is -2.23. The maximum atomic E-state index is 11.3. The fraction of sp³-hybridized carbons (Fsp3) is 0. The Morgan fingerprint density at radius 2 is 2.00 bits per heavy atom. The van der Waals surface area contributed by atoms with Crippen LogP contribution in [0, 0.1) is 0 Å². The van der Waals surface area contributed by atoms with E-state index < -0.39 is 22.0 Å². The number of benzene rings is 1. The molecule has 0 radical (unpaired) electrons. The monoisotopic (exact) mass is 243 g/mol. The molecular weight excluding hydrogens is 238 g/mol. The molecule has 0 unspecified atom stereocenters. The van der Waals surface area contributed by atoms with Crippen LogP contribution in [0.4, 0.5) is 0 Å². The fourth-order valence-corrected chi connectivity index (χ4v) is 2.33. The van der Waals surface area contributed by atoms with Gasteiger partial charge in [0.15, 0.2) is 11.5 Å². The topological polar surface area (TPSA) is 98.0 Å². The highest BCUT2D eigenvalue weighted by atomic mass is 32.3. The number of hydrogen-bond acceptors (Lipinski definition) is 6. The molecule has 16 heavy (non-hydrogen) atoms. The van der Waals surface area contributed by atoms with Crippen molar-refractivity contribution in [2.45, 2.75) is 0 Å². The van der Waals surface area contributed by atoms with Crippen LogP contribution in [-0.4, -0.2) is 23.4 Å². The standard InChI is InChI=1S/C8H5NO6S/c10-7-6-4-2-1-3-5(6)14-16(12,13)15-9(4)8(7)11/h1-3,10-11H. The predicted molar refractivity (Wildman–Crippen MR) is 51.4 cm³/mol. The van der Waals surface area contributed by atoms with Crippen molar-refractivity contribution in [3.8, 4) is 17.4 Å². The molecule has 4 bridgehead atoms. The molecule has 1 aliphatic rings. The second-order valence-electron chi connectivity index (χ2n) is 3.18. The van der Waals surface area contributed by atoms with Gasteiger partial charge in [-0.1, -0.05) is 6.07 Å². The van der Waals surface area contributed by atoms with Crippen molar-refractivity contribution in [2.24, 2.45) is 0 Å². The first-order valence-corrected chi connectivity index (χ1v) is 5.53. The maximum Gasteiger partial charge on any atom is 0.520 e. The lowest BCUT2D eigenvalue weighted by molar-refractivity contribution is 0.216. The number of aromatic nitrogens is 1. The highest BCUT2D eigenvalue weighted by molar-refractivity contribution is 7.82. The molecule has 2 N–H and O–H groups in total. The smallest absolute Gasteiger partial charge is 0.503 e. The zero-order valence-electron chi connectivity index (χ0n) is 7.61. The summed E-state index contributed by atoms with van der Waals surface area (Å²) in [6, 6.07) is 4.33. The van der Waals surface area contributed by atoms with Gasteiger partial charge in [-0.25, -0.2) is 0 Å². The van der Waals surface area contributed by atoms with Crippen LogP contribution in [0.5, 0.6) is 17.4 Å². The van der Waals surface area contributed by atoms with E-state index in [0.29, 0.717) is 4.73 Å². The molecule has 0 atom stereocenters. The zero-order chi connectivity index (χ0) is 11.5. The minimum Gasteiger partial charge on any atom is -0.503 e. The highest BCUT2D eigenvalue weighted by Crippen LogP contribution is 2.43. The van der Waals surface area contributed by atoms with E-state index in [9.17, 15) is 18.6 Å². The summed E-state index contributed by atoms with van der Waals surface area (Å²) >= 11 is 0. The van der Waals surface area contributed by atoms with Gasteiger partial charge in [-0.15, -0.1) is 13.1 Å². The lowest BCUT2D eigenvalue weighted by atomic mass is 10.2. The lowest BCUT2D eigenvalue weighted by Gasteiger charge is -2.07. The summed E-state index contributed by atoms with van der Waals surface area (Å²) < 4.78 is 32.1. The van der Waals surface area contributed by atoms with Crippen LogP contribution < -0.4 is 8.47 Å². The predicted octanol–water partition coefficient (Wildman–Crippen LogP) is 0.118. The second kappa shape index (κ2) is 2.53. The van der Waals surface area contributed by atoms with E-state index in [1.807, 2.05) is 0 Å². The van der Waals surface area contributed by atoms with Crippen LogP contribution >= 0.6 is 0 Å². The number of aromatic hydroxyl groups is 2. The molecule has 0 fully saturated rings. The fourth-order valence-electron chi connectivity index (χ4n) is 1.61. The van der Waals surface area contributed by atoms with E-state index in [1.165, 1.54) is 18.2 Å². The van der Waals surface area contributed by atoms with Crippen LogP contribution in [-0.2, 0) is 10.4 Å². The van der Waals surface area contributed by atoms with Crippen molar-refractivity contribution in [3.05, 3.63) is 18.2 Å². The Morgan fingerprint density at radius 3 is 2.75 bits per heavy atom. The van der Waals surface area contributed by atoms with Gasteiger partial charge in [0, 0.05) is 0 Å². The first kappa shape index (κ1) is 9.16. The highest BCUT2D eigenvalue weighted by Gasteiger charge is 2.31. The quantitative estimate of drug-likeness (QED) is 0.681. The largest absolute Gasteiger partial charge is 0.520 e. The molecule has 0 saturated heterocycles. The Labute approximate surface area is 89.3 Å². The van der Waals surface area contributed by atoms with Crippen LogP contribution in [0.15, 0.2) is 18.2 Å². The van der Waals surface area contributed by atoms with E-state index in [0.717, 1.165) is 0 Å². The molecule has 1 aromatic heterocycles. The normalized spacial score (nSPS) is 16.8. The third kappa shape index (κ3) is 0.986. The summed E-state index contributed by atoms with van der Waals surface area (Å²) in [4.78, 5) is 0. The van der Waals surface area contributed by atoms with Gasteiger partial charge in [0.05, 0.1) is 5.39 Å². The van der Waals surface area contributed by atoms with Crippen molar-refractivity contribution in [1.82, 2.24) is 4.73 Å². The van der Waals surface area contributed by atoms with Gasteiger partial charge in [0.2, 0.25) is 0 Å². The van der Waals surface area contributed by atoms with Crippen LogP contribution in [0.3, 0.4) is 0 Å². The molecule has 2 heterocycles. The van der Waals surface area contributed by atoms with Gasteiger partial charge in [0.1, 0.15) is 5.52 Å². The average molecular weight is 243 g/mol. The van der Waals surface area contributed by atoms with Crippen molar-refractivity contribution >= 4 is 21.3 Å². The SMILES string of the molecule is O=S1(=O)Oc2cccc3c2c(O)c(O)n3O1. The Kier molecular flexibility index (Phi) is 1.45. The molecule has 0 aliphatic carbocycles. The number of rotatable bonds is 0. The Balaban J connectivity index is 2.56. The summed E-state index contributed by atoms with van der Waals surface area (Å²) in [5.74, 6) is -1.27. The summed E-state index contributed by atoms with van der Waals surface area (Å²) in [7, 11) is -4.29. The first-order valence-electron chi connectivity index (χ1n) is 4.19. The third-order valence-corrected chi connectivity index (χ3v) is 2.94. The van der Waals surface area contributed by atoms with E-state index in [4.69, 9.17) is 0 Å². The van der Waals surface area contributed by atoms with Crippen LogP contribution in [0.2, 0.25) is 0 Å². The average Bonchev–Trinajstić information content (AvgIpc) is 2.40. The Bertz CT molecular complexity index is 701. The van der Waals surface area contributed by atoms with Gasteiger partial charge in [-0.2, -0.15) is 0 Å². The van der Waals surface area contributed by atoms with Crippen LogP contribution in [0.1, 0.15) is 0 Å². The van der Waals surface area contributed by atoms with E-state index >= 15 is 0 Å². The van der Waals surface area contributed by atoms with Gasteiger partial charge in [0.25, 0.3) is 5.88 Å². The second-order valence-corrected chi connectivity index (χ2v) is 4.32. The van der Waals surface area contributed by atoms with Crippen molar-refractivity contribution in [1.29, 1.82) is 0 Å². The van der Waals surface area contributed by atoms with E-state index in [1.54, 1.807) is 0 Å². The van der Waals surface area contributed by atoms with E-state index in [2.05, 4.69) is 8.47 Å². The molecule has 2 aromatic rings. The minimum atomic E-state index is -4.29. The van der Waals surface area contributed by atoms with Crippen LogP contribution in [0.25, 0.3) is 10.9 Å². The number of hydrogen-bond donors (Lipinski definition) is 2. The molecule has 1 aromatic carbocycles. The summed E-state index contributed by atoms with van der Waals surface area (Å²) in [6.45, 7) is 0. The summed E-state index contributed by atoms with van der Waals surface area (Å²) in [5, 5.41) is 19.1. The van der Waals surface area contributed by atoms with Gasteiger partial charge in [-0.05, 0) is 12.1 Å². The van der Waals surface area contributed by atoms with Gasteiger partial charge >= 0.3 is 10.4 Å². The van der Waals surface area contributed by atoms with Crippen molar-refractivity contribution in [3.63, 3.8) is 0 Å². The zero-order valence-corrected chi connectivity index (χ0v) is 8.43. The van der Waals surface area contributed by atoms with Crippen molar-refractivity contribution in [2.75, 3.05) is 0 Å². The molecule has 84 valence electrons. The molecule has 3 rings (SSSR count). The summed E-state index contributed by atoms with van der Waals surface area (Å²) in [6.07, 6.45) is 0. The maximum absolute atomic E-state index is 11.3. The molecular formula is C8H5NO6S. The summed E-state index contributed by atoms with van der Waals surface area (Å²) in [5.41, 5.74) is 0.202. The third-order valence-electron chi connectivity index (χ3n) is 2.22. The Hall–Kier alpha value is -2.09. The number of nitrogens with zero attached hydrogens (tertiary/aromatic N) is 1. The van der Waals surface area contributed by atoms with Gasteiger partial charge in [-0.3, -0.25) is 4.28 Å². The van der Waals surface area contributed by atoms with Crippen molar-refractivity contribution < 1.29 is 27.1 Å². The van der Waals surface area contributed by atoms with E-state index in [-0.39, 0.29) is 16.7 Å². The molecule has 0 spiro atoms. The van der Waals surface area contributed by atoms with Gasteiger partial charge < -0.3 is 14.4 Å². The molecule has 0 amide bonds. The molecule has 7 nitrogen and oxygen atoms in total. The first-order chi connectivity index (χ1) is 7.49. The molecule has 0 saturated carbocycles. The molecule has 1 aliphatic heterocycles.